The Kier molecular flexibility index (Phi) is 2.90. The Hall–Kier alpha value is -1.48. The van der Waals surface area contributed by atoms with Crippen molar-refractivity contribution in [1.82, 2.24) is 0 Å². The van der Waals surface area contributed by atoms with Crippen molar-refractivity contribution in [3.63, 3.8) is 0 Å². The lowest BCUT2D eigenvalue weighted by atomic mass is 9.76. The topological polar surface area (TPSA) is 43.4 Å². The molecule has 1 aliphatic carbocycles. The van der Waals surface area contributed by atoms with Crippen molar-refractivity contribution in [2.24, 2.45) is 17.8 Å². The van der Waals surface area contributed by atoms with Gasteiger partial charge in [0.2, 0.25) is 0 Å². The molecule has 1 saturated carbocycles. The molecule has 0 N–H and O–H groups in total. The van der Waals surface area contributed by atoms with Gasteiger partial charge in [-0.2, -0.15) is 0 Å². The van der Waals surface area contributed by atoms with Crippen molar-refractivity contribution < 1.29 is 14.3 Å². The molecule has 116 valence electrons. The van der Waals surface area contributed by atoms with Gasteiger partial charge in [-0.3, -0.25) is 9.59 Å². The van der Waals surface area contributed by atoms with Crippen LogP contribution in [0.1, 0.15) is 41.5 Å². The number of ether oxygens (including phenoxy) is 1. The molecular formula is C19H22O3. The molecule has 2 bridgehead atoms. The minimum Gasteiger partial charge on any atom is -0.373 e. The van der Waals surface area contributed by atoms with Crippen molar-refractivity contribution in [3.05, 3.63) is 34.4 Å². The van der Waals surface area contributed by atoms with Crippen molar-refractivity contribution in [2.75, 3.05) is 0 Å². The maximum Gasteiger partial charge on any atom is 0.154 e. The maximum atomic E-state index is 13.0. The van der Waals surface area contributed by atoms with E-state index in [-0.39, 0.29) is 35.6 Å². The third-order valence-electron chi connectivity index (χ3n) is 5.89. The van der Waals surface area contributed by atoms with Crippen LogP contribution in [0, 0.1) is 38.5 Å². The quantitative estimate of drug-likeness (QED) is 0.749. The van der Waals surface area contributed by atoms with Gasteiger partial charge in [0.05, 0.1) is 24.0 Å². The Balaban J connectivity index is 1.79. The zero-order valence-corrected chi connectivity index (χ0v) is 13.6. The number of hydrogen-bond donors (Lipinski definition) is 0. The third kappa shape index (κ3) is 1.66. The monoisotopic (exact) mass is 298 g/mol. The van der Waals surface area contributed by atoms with E-state index in [0.717, 1.165) is 23.1 Å². The predicted molar refractivity (Wildman–Crippen MR) is 82.8 cm³/mol. The molecule has 6 atom stereocenters. The first kappa shape index (κ1) is 14.1. The van der Waals surface area contributed by atoms with Gasteiger partial charge in [-0.15, -0.1) is 0 Å². The molecule has 3 fully saturated rings. The van der Waals surface area contributed by atoms with Crippen molar-refractivity contribution in [2.45, 2.75) is 52.2 Å². The summed E-state index contributed by atoms with van der Waals surface area (Å²) in [5, 5.41) is 0. The van der Waals surface area contributed by atoms with Crippen molar-refractivity contribution in [3.8, 4) is 0 Å². The second kappa shape index (κ2) is 4.51. The van der Waals surface area contributed by atoms with Gasteiger partial charge < -0.3 is 4.74 Å². The Bertz CT molecular complexity index is 667. The standard InChI is InChI=1S/C19H22O3/c1-8-5-9(2)13(10(3)6-8)15-17(20)14-12-7-11(4)19(22-12)16(14)18(15)21/h5-6,11-12,14-16,19H,7H2,1-4H3/t11-,12+,14+,15?,16-,19-/m1/s1. The molecule has 3 nitrogen and oxygen atoms in total. The Morgan fingerprint density at radius 3 is 2.23 bits per heavy atom. The number of carbonyl (C=O) groups is 2. The van der Waals surface area contributed by atoms with Crippen LogP contribution < -0.4 is 0 Å². The minimum atomic E-state index is -0.560. The van der Waals surface area contributed by atoms with E-state index in [1.807, 2.05) is 20.8 Å². The average Bonchev–Trinajstić information content (AvgIpc) is 3.03. The van der Waals surface area contributed by atoms with E-state index in [0.29, 0.717) is 5.92 Å². The summed E-state index contributed by atoms with van der Waals surface area (Å²) in [5.74, 6) is -0.365. The molecule has 2 heterocycles. The molecule has 0 spiro atoms. The maximum absolute atomic E-state index is 13.0. The highest BCUT2D eigenvalue weighted by atomic mass is 16.5. The zero-order valence-electron chi connectivity index (χ0n) is 13.6. The van der Waals surface area contributed by atoms with E-state index in [4.69, 9.17) is 4.74 Å². The number of carbonyl (C=O) groups excluding carboxylic acids is 2. The molecule has 3 heteroatoms. The number of Topliss-reactive ketones (excluding diaryl/α,β-unsaturated/α-hetero) is 2. The predicted octanol–water partition coefficient (Wildman–Crippen LogP) is 2.89. The van der Waals surface area contributed by atoms with Gasteiger partial charge in [0, 0.05) is 0 Å². The molecule has 1 unspecified atom stereocenters. The number of hydrogen-bond acceptors (Lipinski definition) is 3. The normalized spacial score (nSPS) is 39.6. The van der Waals surface area contributed by atoms with E-state index in [1.165, 1.54) is 5.56 Å². The fourth-order valence-corrected chi connectivity index (χ4v) is 5.15. The van der Waals surface area contributed by atoms with Gasteiger partial charge in [0.1, 0.15) is 5.92 Å². The first-order valence-electron chi connectivity index (χ1n) is 8.20. The SMILES string of the molecule is Cc1cc(C)c(C2C(=O)[C@@H]3[C@@H]4O[C@@H](C[C@H]4C)[C@@H]3C2=O)c(C)c1. The van der Waals surface area contributed by atoms with E-state index < -0.39 is 5.92 Å². The number of ketones is 2. The van der Waals surface area contributed by atoms with Crippen molar-refractivity contribution >= 4 is 11.6 Å². The molecule has 22 heavy (non-hydrogen) atoms. The van der Waals surface area contributed by atoms with Crippen LogP contribution in [0.4, 0.5) is 0 Å². The second-order valence-corrected chi connectivity index (χ2v) is 7.45. The molecule has 1 aromatic rings. The molecule has 0 radical (unpaired) electrons. The summed E-state index contributed by atoms with van der Waals surface area (Å²) in [6, 6.07) is 4.15. The molecule has 2 aliphatic heterocycles. The van der Waals surface area contributed by atoms with E-state index in [9.17, 15) is 9.59 Å². The lowest BCUT2D eigenvalue weighted by Crippen LogP contribution is -2.33. The second-order valence-electron chi connectivity index (χ2n) is 7.45. The van der Waals surface area contributed by atoms with E-state index in [2.05, 4.69) is 19.1 Å². The fourth-order valence-electron chi connectivity index (χ4n) is 5.15. The fraction of sp³-hybridized carbons (Fsp3) is 0.579. The van der Waals surface area contributed by atoms with Gasteiger partial charge in [0.25, 0.3) is 0 Å². The number of aryl methyl sites for hydroxylation is 3. The summed E-state index contributed by atoms with van der Waals surface area (Å²) in [5.41, 5.74) is 4.24. The van der Waals surface area contributed by atoms with Crippen LogP contribution in [0.5, 0.6) is 0 Å². The molecular weight excluding hydrogens is 276 g/mol. The lowest BCUT2D eigenvalue weighted by molar-refractivity contribution is -0.127. The Morgan fingerprint density at radius 2 is 1.59 bits per heavy atom. The molecule has 2 saturated heterocycles. The average molecular weight is 298 g/mol. The molecule has 0 amide bonds. The highest BCUT2D eigenvalue weighted by molar-refractivity contribution is 6.17. The van der Waals surface area contributed by atoms with Gasteiger partial charge in [0.15, 0.2) is 11.6 Å². The number of fused-ring (bicyclic) bond motifs is 5. The third-order valence-corrected chi connectivity index (χ3v) is 5.89. The molecule has 0 aromatic heterocycles. The van der Waals surface area contributed by atoms with Crippen LogP contribution in [0.25, 0.3) is 0 Å². The van der Waals surface area contributed by atoms with Gasteiger partial charge in [-0.1, -0.05) is 24.6 Å². The summed E-state index contributed by atoms with van der Waals surface area (Å²) >= 11 is 0. The lowest BCUT2D eigenvalue weighted by Gasteiger charge is -2.22. The van der Waals surface area contributed by atoms with Crippen LogP contribution in [0.3, 0.4) is 0 Å². The van der Waals surface area contributed by atoms with Crippen LogP contribution >= 0.6 is 0 Å². The van der Waals surface area contributed by atoms with Crippen LogP contribution in [0.15, 0.2) is 12.1 Å². The number of benzene rings is 1. The van der Waals surface area contributed by atoms with Crippen LogP contribution in [0.2, 0.25) is 0 Å². The summed E-state index contributed by atoms with van der Waals surface area (Å²) in [4.78, 5) is 26.0. The zero-order chi connectivity index (χ0) is 15.8. The summed E-state index contributed by atoms with van der Waals surface area (Å²) in [7, 11) is 0. The Labute approximate surface area is 131 Å². The minimum absolute atomic E-state index is 0.0301. The van der Waals surface area contributed by atoms with Crippen LogP contribution in [-0.4, -0.2) is 23.8 Å². The smallest absolute Gasteiger partial charge is 0.154 e. The van der Waals surface area contributed by atoms with Crippen molar-refractivity contribution in [1.29, 1.82) is 0 Å². The largest absolute Gasteiger partial charge is 0.373 e. The summed E-state index contributed by atoms with van der Waals surface area (Å²) < 4.78 is 5.91. The van der Waals surface area contributed by atoms with E-state index >= 15 is 0 Å². The first-order valence-corrected chi connectivity index (χ1v) is 8.20. The summed E-state index contributed by atoms with van der Waals surface area (Å²) in [6.07, 6.45) is 0.851. The first-order chi connectivity index (χ1) is 10.4. The molecule has 3 aliphatic rings. The highest BCUT2D eigenvalue weighted by Crippen LogP contribution is 2.54. The Morgan fingerprint density at radius 1 is 1.00 bits per heavy atom. The van der Waals surface area contributed by atoms with Gasteiger partial charge in [-0.25, -0.2) is 0 Å². The van der Waals surface area contributed by atoms with Crippen LogP contribution in [-0.2, 0) is 14.3 Å². The number of rotatable bonds is 1. The molecule has 4 rings (SSSR count). The highest BCUT2D eigenvalue weighted by Gasteiger charge is 2.65. The molecule has 1 aromatic carbocycles. The van der Waals surface area contributed by atoms with E-state index in [1.54, 1.807) is 0 Å². The van der Waals surface area contributed by atoms with Gasteiger partial charge >= 0.3 is 0 Å². The summed E-state index contributed by atoms with van der Waals surface area (Å²) in [6.45, 7) is 8.20. The van der Waals surface area contributed by atoms with Gasteiger partial charge in [-0.05, 0) is 49.8 Å².